The van der Waals surface area contributed by atoms with E-state index in [0.717, 1.165) is 10.6 Å². The molecule has 0 radical (unpaired) electrons. The number of rotatable bonds is 3. The Morgan fingerprint density at radius 3 is 2.55 bits per heavy atom. The van der Waals surface area contributed by atoms with Gasteiger partial charge in [0.05, 0.1) is 18.0 Å². The predicted molar refractivity (Wildman–Crippen MR) is 80.3 cm³/mol. The summed E-state index contributed by atoms with van der Waals surface area (Å²) in [7, 11) is 0. The number of ketones is 1. The molecule has 2 aromatic rings. The number of carbonyl (C=O) groups excluding carboxylic acids is 2. The van der Waals surface area contributed by atoms with E-state index in [-0.39, 0.29) is 18.2 Å². The summed E-state index contributed by atoms with van der Waals surface area (Å²) in [5, 5.41) is 0. The Morgan fingerprint density at radius 1 is 1.05 bits per heavy atom. The first kappa shape index (κ1) is 12.9. The molecule has 0 unspecified atom stereocenters. The van der Waals surface area contributed by atoms with Crippen molar-refractivity contribution in [3.63, 3.8) is 0 Å². The van der Waals surface area contributed by atoms with Gasteiger partial charge in [-0.2, -0.15) is 0 Å². The number of nitrogens with zero attached hydrogens (tertiary/aromatic N) is 1. The van der Waals surface area contributed by atoms with Gasteiger partial charge in [-0.3, -0.25) is 9.59 Å². The predicted octanol–water partition coefficient (Wildman–Crippen LogP) is 3.01. The number of fused-ring (bicyclic) bond motifs is 1. The number of carbonyl (C=O) groups is 2. The zero-order chi connectivity index (χ0) is 13.9. The van der Waals surface area contributed by atoms with E-state index in [1.807, 2.05) is 42.5 Å². The van der Waals surface area contributed by atoms with Gasteiger partial charge in [-0.15, -0.1) is 11.8 Å². The molecule has 0 spiro atoms. The Hall–Kier alpha value is -2.07. The van der Waals surface area contributed by atoms with Gasteiger partial charge in [0.15, 0.2) is 5.78 Å². The van der Waals surface area contributed by atoms with Crippen LogP contribution in [0.1, 0.15) is 10.4 Å². The monoisotopic (exact) mass is 283 g/mol. The van der Waals surface area contributed by atoms with Crippen molar-refractivity contribution in [2.24, 2.45) is 0 Å². The lowest BCUT2D eigenvalue weighted by Gasteiger charge is -2.28. The molecule has 2 aromatic carbocycles. The van der Waals surface area contributed by atoms with E-state index < -0.39 is 0 Å². The van der Waals surface area contributed by atoms with Crippen molar-refractivity contribution >= 4 is 29.1 Å². The number of hydrogen-bond acceptors (Lipinski definition) is 3. The number of benzene rings is 2. The van der Waals surface area contributed by atoms with Crippen LogP contribution in [0, 0.1) is 0 Å². The van der Waals surface area contributed by atoms with Gasteiger partial charge in [-0.05, 0) is 12.1 Å². The molecular formula is C16H13NO2S. The smallest absolute Gasteiger partial charge is 0.237 e. The average molecular weight is 283 g/mol. The van der Waals surface area contributed by atoms with Crippen molar-refractivity contribution in [1.82, 2.24) is 0 Å². The third-order valence-corrected chi connectivity index (χ3v) is 4.25. The summed E-state index contributed by atoms with van der Waals surface area (Å²) in [5.41, 5.74) is 1.47. The standard InChI is InChI=1S/C16H13NO2S/c18-14(12-6-2-1-3-7-12)10-17-13-8-4-5-9-15(13)20-11-16(17)19/h1-9H,10-11H2. The van der Waals surface area contributed by atoms with Crippen molar-refractivity contribution in [3.05, 3.63) is 60.2 Å². The minimum atomic E-state index is -0.0411. The molecular weight excluding hydrogens is 270 g/mol. The summed E-state index contributed by atoms with van der Waals surface area (Å²) >= 11 is 1.52. The van der Waals surface area contributed by atoms with Crippen LogP contribution in [0.2, 0.25) is 0 Å². The third kappa shape index (κ3) is 2.47. The van der Waals surface area contributed by atoms with Crippen molar-refractivity contribution in [2.45, 2.75) is 4.90 Å². The lowest BCUT2D eigenvalue weighted by Crippen LogP contribution is -2.39. The highest BCUT2D eigenvalue weighted by Crippen LogP contribution is 2.34. The van der Waals surface area contributed by atoms with Crippen molar-refractivity contribution in [1.29, 1.82) is 0 Å². The maximum atomic E-state index is 12.3. The molecule has 3 rings (SSSR count). The lowest BCUT2D eigenvalue weighted by atomic mass is 10.1. The average Bonchev–Trinajstić information content (AvgIpc) is 2.51. The molecule has 100 valence electrons. The molecule has 1 aliphatic heterocycles. The molecule has 0 saturated carbocycles. The summed E-state index contributed by atoms with van der Waals surface area (Å²) < 4.78 is 0. The van der Waals surface area contributed by atoms with Gasteiger partial charge in [0, 0.05) is 10.5 Å². The molecule has 20 heavy (non-hydrogen) atoms. The van der Waals surface area contributed by atoms with Gasteiger partial charge in [0.25, 0.3) is 0 Å². The van der Waals surface area contributed by atoms with Crippen LogP contribution in [0.15, 0.2) is 59.5 Å². The fraction of sp³-hybridized carbons (Fsp3) is 0.125. The van der Waals surface area contributed by atoms with Gasteiger partial charge < -0.3 is 4.90 Å². The summed E-state index contributed by atoms with van der Waals surface area (Å²) in [6.07, 6.45) is 0. The quantitative estimate of drug-likeness (QED) is 0.813. The molecule has 0 fully saturated rings. The second-order valence-electron chi connectivity index (χ2n) is 4.53. The first-order chi connectivity index (χ1) is 9.75. The van der Waals surface area contributed by atoms with Crippen molar-refractivity contribution in [2.75, 3.05) is 17.2 Å². The van der Waals surface area contributed by atoms with E-state index in [2.05, 4.69) is 0 Å². The number of amides is 1. The SMILES string of the molecule is O=C(CN1C(=O)CSc2ccccc21)c1ccccc1. The molecule has 4 heteroatoms. The number of Topliss-reactive ketones (excluding diaryl/α,β-unsaturated/α-hetero) is 1. The molecule has 1 amide bonds. The Labute approximate surface area is 121 Å². The zero-order valence-corrected chi connectivity index (χ0v) is 11.6. The highest BCUT2D eigenvalue weighted by Gasteiger charge is 2.26. The molecule has 0 atom stereocenters. The van der Waals surface area contributed by atoms with E-state index in [1.54, 1.807) is 17.0 Å². The van der Waals surface area contributed by atoms with Crippen LogP contribution in [0.5, 0.6) is 0 Å². The molecule has 3 nitrogen and oxygen atoms in total. The Bertz CT molecular complexity index is 655. The number of para-hydroxylation sites is 1. The molecule has 1 heterocycles. The Balaban J connectivity index is 1.87. The minimum absolute atomic E-state index is 0.0158. The van der Waals surface area contributed by atoms with Gasteiger partial charge in [0.2, 0.25) is 5.91 Å². The first-order valence-corrected chi connectivity index (χ1v) is 7.35. The summed E-state index contributed by atoms with van der Waals surface area (Å²) in [6.45, 7) is 0.0976. The van der Waals surface area contributed by atoms with Gasteiger partial charge in [-0.25, -0.2) is 0 Å². The Morgan fingerprint density at radius 2 is 1.75 bits per heavy atom. The first-order valence-electron chi connectivity index (χ1n) is 6.36. The van der Waals surface area contributed by atoms with Gasteiger partial charge in [0.1, 0.15) is 0 Å². The van der Waals surface area contributed by atoms with E-state index in [9.17, 15) is 9.59 Å². The molecule has 0 aromatic heterocycles. The molecule has 0 bridgehead atoms. The molecule has 1 aliphatic rings. The topological polar surface area (TPSA) is 37.4 Å². The van der Waals surface area contributed by atoms with Crippen LogP contribution < -0.4 is 4.90 Å². The second kappa shape index (κ2) is 5.51. The largest absolute Gasteiger partial charge is 0.303 e. The number of hydrogen-bond donors (Lipinski definition) is 0. The fourth-order valence-electron chi connectivity index (χ4n) is 2.19. The highest BCUT2D eigenvalue weighted by atomic mass is 32.2. The highest BCUT2D eigenvalue weighted by molar-refractivity contribution is 8.00. The van der Waals surface area contributed by atoms with Crippen molar-refractivity contribution in [3.8, 4) is 0 Å². The molecule has 0 N–H and O–H groups in total. The normalized spacial score (nSPS) is 14.0. The molecule has 0 aliphatic carbocycles. The lowest BCUT2D eigenvalue weighted by molar-refractivity contribution is -0.116. The minimum Gasteiger partial charge on any atom is -0.303 e. The second-order valence-corrected chi connectivity index (χ2v) is 5.54. The van der Waals surface area contributed by atoms with Gasteiger partial charge >= 0.3 is 0 Å². The van der Waals surface area contributed by atoms with Crippen LogP contribution in [-0.4, -0.2) is 24.0 Å². The maximum Gasteiger partial charge on any atom is 0.237 e. The van der Waals surface area contributed by atoms with Gasteiger partial charge in [-0.1, -0.05) is 42.5 Å². The van der Waals surface area contributed by atoms with Crippen molar-refractivity contribution < 1.29 is 9.59 Å². The van der Waals surface area contributed by atoms with Crippen LogP contribution in [-0.2, 0) is 4.79 Å². The third-order valence-electron chi connectivity index (χ3n) is 3.21. The van der Waals surface area contributed by atoms with Crippen LogP contribution in [0.25, 0.3) is 0 Å². The zero-order valence-electron chi connectivity index (χ0n) is 10.8. The van der Waals surface area contributed by atoms with E-state index in [1.165, 1.54) is 11.8 Å². The summed E-state index contributed by atoms with van der Waals surface area (Å²) in [6, 6.07) is 16.8. The maximum absolute atomic E-state index is 12.3. The fourth-order valence-corrected chi connectivity index (χ4v) is 3.12. The van der Waals surface area contributed by atoms with E-state index in [0.29, 0.717) is 11.3 Å². The van der Waals surface area contributed by atoms with Crippen LogP contribution in [0.3, 0.4) is 0 Å². The van der Waals surface area contributed by atoms with Crippen LogP contribution in [0.4, 0.5) is 5.69 Å². The summed E-state index contributed by atoms with van der Waals surface area (Å²) in [5.74, 6) is 0.331. The van der Waals surface area contributed by atoms with E-state index >= 15 is 0 Å². The molecule has 0 saturated heterocycles. The number of anilines is 1. The Kier molecular flexibility index (Phi) is 3.56. The van der Waals surface area contributed by atoms with E-state index in [4.69, 9.17) is 0 Å². The number of thioether (sulfide) groups is 1. The summed E-state index contributed by atoms with van der Waals surface area (Å²) in [4.78, 5) is 27.0. The van der Waals surface area contributed by atoms with Crippen LogP contribution >= 0.6 is 11.8 Å².